The zero-order valence-electron chi connectivity index (χ0n) is 16.9. The molecule has 0 bridgehead atoms. The fourth-order valence-electron chi connectivity index (χ4n) is 3.70. The van der Waals surface area contributed by atoms with Gasteiger partial charge in [0, 0.05) is 10.0 Å². The van der Waals surface area contributed by atoms with E-state index in [1.807, 2.05) is 103 Å². The molecule has 1 aliphatic heterocycles. The first-order valence-electron chi connectivity index (χ1n) is 10.1. The molecule has 2 heterocycles. The fraction of sp³-hybridized carbons (Fsp3) is 0.0385. The molecule has 0 fully saturated rings. The van der Waals surface area contributed by atoms with Crippen molar-refractivity contribution in [3.8, 4) is 0 Å². The Hall–Kier alpha value is -3.35. The molecule has 0 radical (unpaired) electrons. The zero-order valence-corrected chi connectivity index (χ0v) is 19.3. The topological polar surface area (TPSA) is 46.7 Å². The van der Waals surface area contributed by atoms with Gasteiger partial charge < -0.3 is 0 Å². The quantitative estimate of drug-likeness (QED) is 0.399. The number of fused-ring (bicyclic) bond motifs is 1. The number of thiazole rings is 1. The van der Waals surface area contributed by atoms with Crippen molar-refractivity contribution < 1.29 is 0 Å². The number of hydrogen-bond acceptors (Lipinski definition) is 4. The highest BCUT2D eigenvalue weighted by Gasteiger charge is 2.28. The van der Waals surface area contributed by atoms with Crippen LogP contribution in [-0.4, -0.2) is 10.3 Å². The maximum atomic E-state index is 13.5. The Bertz CT molecular complexity index is 1490. The summed E-state index contributed by atoms with van der Waals surface area (Å²) in [6, 6.07) is 29.5. The first-order chi connectivity index (χ1) is 15.7. The van der Waals surface area contributed by atoms with Crippen LogP contribution in [0.4, 0.5) is 0 Å². The summed E-state index contributed by atoms with van der Waals surface area (Å²) >= 11 is 4.94. The maximum Gasteiger partial charge on any atom is 0.271 e. The predicted octanol–water partition coefficient (Wildman–Crippen LogP) is 4.75. The van der Waals surface area contributed by atoms with Crippen LogP contribution in [0.3, 0.4) is 0 Å². The summed E-state index contributed by atoms with van der Waals surface area (Å²) in [7, 11) is 0. The van der Waals surface area contributed by atoms with Crippen molar-refractivity contribution in [3.63, 3.8) is 0 Å². The molecule has 0 saturated heterocycles. The molecule has 1 aliphatic rings. The molecule has 0 amide bonds. The Balaban J connectivity index is 1.66. The molecule has 156 valence electrons. The highest BCUT2D eigenvalue weighted by molar-refractivity contribution is 9.12. The summed E-state index contributed by atoms with van der Waals surface area (Å²) in [6.45, 7) is 0. The molecule has 5 rings (SSSR count). The van der Waals surface area contributed by atoms with Crippen molar-refractivity contribution in [1.29, 1.82) is 0 Å². The molecule has 0 spiro atoms. The van der Waals surface area contributed by atoms with Crippen LogP contribution in [0.5, 0.6) is 0 Å². The highest BCUT2D eigenvalue weighted by Crippen LogP contribution is 2.24. The van der Waals surface area contributed by atoms with E-state index in [9.17, 15) is 4.79 Å². The summed E-state index contributed by atoms with van der Waals surface area (Å²) in [4.78, 5) is 14.1. The Labute approximate surface area is 197 Å². The van der Waals surface area contributed by atoms with E-state index >= 15 is 0 Å². The van der Waals surface area contributed by atoms with E-state index in [0.717, 1.165) is 26.9 Å². The third-order valence-electron chi connectivity index (χ3n) is 5.16. The van der Waals surface area contributed by atoms with E-state index in [1.54, 1.807) is 4.57 Å². The van der Waals surface area contributed by atoms with Gasteiger partial charge in [0.25, 0.3) is 5.56 Å². The number of benzene rings is 3. The van der Waals surface area contributed by atoms with Gasteiger partial charge in [-0.3, -0.25) is 9.36 Å². The average Bonchev–Trinajstić information content (AvgIpc) is 3.15. The van der Waals surface area contributed by atoms with Crippen LogP contribution in [0.15, 0.2) is 110 Å². The first-order valence-corrected chi connectivity index (χ1v) is 11.7. The molecule has 1 atom stereocenters. The van der Waals surface area contributed by atoms with Crippen LogP contribution in [0.2, 0.25) is 0 Å². The van der Waals surface area contributed by atoms with Crippen LogP contribution < -0.4 is 14.9 Å². The lowest BCUT2D eigenvalue weighted by molar-refractivity contribution is 0.657. The van der Waals surface area contributed by atoms with E-state index in [0.29, 0.717) is 9.33 Å². The van der Waals surface area contributed by atoms with Gasteiger partial charge in [0.05, 0.1) is 10.2 Å². The van der Waals surface area contributed by atoms with Gasteiger partial charge in [0.2, 0.25) is 4.80 Å². The highest BCUT2D eigenvalue weighted by atomic mass is 79.9. The Morgan fingerprint density at radius 2 is 1.50 bits per heavy atom. The molecule has 0 saturated carbocycles. The van der Waals surface area contributed by atoms with Crippen molar-refractivity contribution >= 4 is 45.1 Å². The van der Waals surface area contributed by atoms with Crippen molar-refractivity contribution in [3.05, 3.63) is 132 Å². The van der Waals surface area contributed by atoms with Crippen molar-refractivity contribution in [2.75, 3.05) is 0 Å². The summed E-state index contributed by atoms with van der Waals surface area (Å²) < 4.78 is 3.18. The lowest BCUT2D eigenvalue weighted by Gasteiger charge is -2.22. The molecule has 0 N–H and O–H groups in total. The number of halogens is 1. The van der Waals surface area contributed by atoms with Crippen molar-refractivity contribution in [1.82, 2.24) is 4.57 Å². The van der Waals surface area contributed by atoms with Crippen LogP contribution >= 0.6 is 27.3 Å². The van der Waals surface area contributed by atoms with E-state index in [1.165, 1.54) is 11.3 Å². The van der Waals surface area contributed by atoms with Gasteiger partial charge >= 0.3 is 0 Å². The smallest absolute Gasteiger partial charge is 0.268 e. The fourth-order valence-corrected chi connectivity index (χ4v) is 5.28. The Morgan fingerprint density at radius 3 is 2.19 bits per heavy atom. The summed E-state index contributed by atoms with van der Waals surface area (Å²) in [5.74, 6) is 0. The minimum Gasteiger partial charge on any atom is -0.268 e. The van der Waals surface area contributed by atoms with E-state index in [4.69, 9.17) is 0 Å². The van der Waals surface area contributed by atoms with Crippen LogP contribution in [0, 0.1) is 0 Å². The van der Waals surface area contributed by atoms with E-state index < -0.39 is 0 Å². The Morgan fingerprint density at radius 1 is 0.875 bits per heavy atom. The van der Waals surface area contributed by atoms with Gasteiger partial charge in [-0.2, -0.15) is 0 Å². The molecule has 6 heteroatoms. The molecule has 4 nitrogen and oxygen atoms in total. The van der Waals surface area contributed by atoms with Crippen molar-refractivity contribution in [2.45, 2.75) is 6.04 Å². The monoisotopic (exact) mass is 499 g/mol. The number of hydrogen-bond donors (Lipinski definition) is 0. The minimum absolute atomic E-state index is 0.0793. The van der Waals surface area contributed by atoms with Crippen LogP contribution in [-0.2, 0) is 0 Å². The van der Waals surface area contributed by atoms with Crippen LogP contribution in [0.25, 0.3) is 12.2 Å². The number of rotatable bonds is 4. The maximum absolute atomic E-state index is 13.5. The molecule has 32 heavy (non-hydrogen) atoms. The van der Waals surface area contributed by atoms with Gasteiger partial charge in [-0.25, -0.2) is 0 Å². The van der Waals surface area contributed by atoms with E-state index in [2.05, 4.69) is 26.1 Å². The number of aromatic nitrogens is 1. The first kappa shape index (κ1) is 20.5. The molecule has 1 unspecified atom stereocenters. The summed E-state index contributed by atoms with van der Waals surface area (Å²) in [5.41, 5.74) is 3.68. The predicted molar refractivity (Wildman–Crippen MR) is 135 cm³/mol. The van der Waals surface area contributed by atoms with Gasteiger partial charge in [-0.15, -0.1) is 10.2 Å². The van der Waals surface area contributed by atoms with Crippen molar-refractivity contribution in [2.24, 2.45) is 10.2 Å². The standard InChI is InChI=1S/C26H18BrN3OS/c27-21(16-18-10-4-1-5-11-18)17-22-25(31)30-24(20-14-8-3-9-15-20)23(28-29-26(30)32-22)19-12-6-2-7-13-19/h1-17,24H/b21-16-,22-17-. The number of nitrogens with zero attached hydrogens (tertiary/aromatic N) is 3. The largest absolute Gasteiger partial charge is 0.271 e. The normalized spacial score (nSPS) is 16.3. The average molecular weight is 500 g/mol. The van der Waals surface area contributed by atoms with Gasteiger partial charge in [0.15, 0.2) is 0 Å². The molecule has 4 aromatic rings. The minimum atomic E-state index is -0.339. The summed E-state index contributed by atoms with van der Waals surface area (Å²) in [5, 5.41) is 8.97. The second kappa shape index (κ2) is 9.02. The third kappa shape index (κ3) is 4.07. The molecule has 0 aliphatic carbocycles. The van der Waals surface area contributed by atoms with E-state index in [-0.39, 0.29) is 11.6 Å². The lowest BCUT2D eigenvalue weighted by atomic mass is 9.96. The van der Waals surface area contributed by atoms with Gasteiger partial charge in [-0.1, -0.05) is 118 Å². The molecular formula is C26H18BrN3OS. The lowest BCUT2D eigenvalue weighted by Crippen LogP contribution is -2.40. The van der Waals surface area contributed by atoms with Gasteiger partial charge in [0.1, 0.15) is 6.04 Å². The van der Waals surface area contributed by atoms with Crippen LogP contribution in [0.1, 0.15) is 22.7 Å². The summed E-state index contributed by atoms with van der Waals surface area (Å²) in [6.07, 6.45) is 3.84. The Kier molecular flexibility index (Phi) is 5.79. The second-order valence-corrected chi connectivity index (χ2v) is 9.20. The number of allylic oxidation sites excluding steroid dienone is 1. The SMILES string of the molecule is O=c1/c(=C/C(Br)=C/c2ccccc2)sc2n1C(c1ccccc1)C(c1ccccc1)=NN=2. The zero-order chi connectivity index (χ0) is 21.9. The third-order valence-corrected chi connectivity index (χ3v) is 6.59. The molecular weight excluding hydrogens is 482 g/mol. The molecule has 1 aromatic heterocycles. The van der Waals surface area contributed by atoms with Gasteiger partial charge in [-0.05, 0) is 23.3 Å². The second-order valence-electron chi connectivity index (χ2n) is 7.27. The molecule has 3 aromatic carbocycles.